The third kappa shape index (κ3) is 5.96. The summed E-state index contributed by atoms with van der Waals surface area (Å²) in [6, 6.07) is 20.2. The molecule has 204 valence electrons. The summed E-state index contributed by atoms with van der Waals surface area (Å²) in [5.41, 5.74) is 4.47. The lowest BCUT2D eigenvalue weighted by molar-refractivity contribution is -0.274. The summed E-state index contributed by atoms with van der Waals surface area (Å²) in [6.45, 7) is 1.87. The van der Waals surface area contributed by atoms with E-state index < -0.39 is 12.4 Å². The smallest absolute Gasteiger partial charge is 0.495 e. The fourth-order valence-corrected chi connectivity index (χ4v) is 4.55. The Labute approximate surface area is 231 Å². The third-order valence-corrected chi connectivity index (χ3v) is 6.48. The number of anilines is 1. The molecule has 40 heavy (non-hydrogen) atoms. The molecule has 0 saturated heterocycles. The Morgan fingerprint density at radius 1 is 1.07 bits per heavy atom. The standard InChI is InChI=1S/C28H22F3N5O3S/c1-17-4-3-5-24(38-2)25(17)34-27(37)35-40-33-15-18-6-12-22-19(14-18)7-13-23-26(22)32-16-36(23)20-8-10-21(11-9-20)39-28(29,30)31/h3-16H,1-2H3,(H2,34,35,37)/b33-15+. The number of methoxy groups -OCH3 is 1. The molecule has 0 aliphatic rings. The first-order valence-electron chi connectivity index (χ1n) is 11.9. The topological polar surface area (TPSA) is 89.8 Å². The van der Waals surface area contributed by atoms with E-state index in [4.69, 9.17) is 4.74 Å². The fraction of sp³-hybridized carbons (Fsp3) is 0.107. The number of para-hydroxylation sites is 1. The predicted molar refractivity (Wildman–Crippen MR) is 150 cm³/mol. The molecule has 1 aromatic heterocycles. The van der Waals surface area contributed by atoms with Gasteiger partial charge in [-0.15, -0.1) is 13.2 Å². The molecule has 0 spiro atoms. The summed E-state index contributed by atoms with van der Waals surface area (Å²) in [5, 5.41) is 4.60. The quantitative estimate of drug-likeness (QED) is 0.161. The molecule has 1 heterocycles. The molecular formula is C28H22F3N5O3S. The second kappa shape index (κ2) is 11.2. The molecular weight excluding hydrogens is 543 g/mol. The van der Waals surface area contributed by atoms with Gasteiger partial charge in [0.1, 0.15) is 17.8 Å². The minimum absolute atomic E-state index is 0.291. The van der Waals surface area contributed by atoms with Gasteiger partial charge in [0, 0.05) is 17.3 Å². The maximum atomic E-state index is 12.5. The van der Waals surface area contributed by atoms with Gasteiger partial charge < -0.3 is 14.8 Å². The van der Waals surface area contributed by atoms with E-state index in [1.54, 1.807) is 23.2 Å². The van der Waals surface area contributed by atoms with Crippen molar-refractivity contribution in [2.45, 2.75) is 13.3 Å². The Hall–Kier alpha value is -4.71. The summed E-state index contributed by atoms with van der Waals surface area (Å²) < 4.78 is 55.2. The van der Waals surface area contributed by atoms with E-state index in [0.717, 1.165) is 45.1 Å². The number of alkyl halides is 3. The largest absolute Gasteiger partial charge is 0.573 e. The van der Waals surface area contributed by atoms with Crippen LogP contribution >= 0.6 is 12.1 Å². The highest BCUT2D eigenvalue weighted by molar-refractivity contribution is 7.96. The van der Waals surface area contributed by atoms with Crippen molar-refractivity contribution in [1.82, 2.24) is 14.3 Å². The van der Waals surface area contributed by atoms with Crippen LogP contribution in [0.4, 0.5) is 23.7 Å². The van der Waals surface area contributed by atoms with Crippen molar-refractivity contribution in [2.75, 3.05) is 12.4 Å². The molecule has 0 fully saturated rings. The third-order valence-electron chi connectivity index (χ3n) is 5.99. The zero-order valence-electron chi connectivity index (χ0n) is 21.2. The average molecular weight is 566 g/mol. The number of rotatable bonds is 7. The van der Waals surface area contributed by atoms with Gasteiger partial charge in [0.05, 0.1) is 36.0 Å². The van der Waals surface area contributed by atoms with E-state index in [1.807, 2.05) is 49.4 Å². The van der Waals surface area contributed by atoms with Crippen molar-refractivity contribution in [1.29, 1.82) is 0 Å². The Bertz CT molecular complexity index is 1720. The predicted octanol–water partition coefficient (Wildman–Crippen LogP) is 7.20. The first kappa shape index (κ1) is 26.9. The van der Waals surface area contributed by atoms with Crippen molar-refractivity contribution in [3.8, 4) is 17.2 Å². The van der Waals surface area contributed by atoms with Gasteiger partial charge in [-0.3, -0.25) is 9.29 Å². The van der Waals surface area contributed by atoms with Crippen LogP contribution in [0.3, 0.4) is 0 Å². The molecule has 2 N–H and O–H groups in total. The van der Waals surface area contributed by atoms with Crippen LogP contribution in [0, 0.1) is 6.92 Å². The van der Waals surface area contributed by atoms with Crippen molar-refractivity contribution >= 4 is 51.9 Å². The Morgan fingerprint density at radius 3 is 2.62 bits per heavy atom. The van der Waals surface area contributed by atoms with E-state index in [1.165, 1.54) is 31.4 Å². The molecule has 8 nitrogen and oxygen atoms in total. The zero-order chi connectivity index (χ0) is 28.3. The number of carbonyl (C=O) groups excluding carboxylic acids is 1. The average Bonchev–Trinajstić information content (AvgIpc) is 3.36. The lowest BCUT2D eigenvalue weighted by Crippen LogP contribution is -2.23. The molecule has 0 atom stereocenters. The number of nitrogens with zero attached hydrogens (tertiary/aromatic N) is 3. The molecule has 0 aliphatic carbocycles. The van der Waals surface area contributed by atoms with Gasteiger partial charge in [-0.2, -0.15) is 0 Å². The van der Waals surface area contributed by atoms with Crippen LogP contribution in [0.5, 0.6) is 11.5 Å². The molecule has 0 radical (unpaired) electrons. The number of benzene rings is 4. The number of nitrogens with one attached hydrogen (secondary N) is 2. The summed E-state index contributed by atoms with van der Waals surface area (Å²) in [5.74, 6) is 0.271. The first-order chi connectivity index (χ1) is 19.2. The van der Waals surface area contributed by atoms with Gasteiger partial charge >= 0.3 is 12.4 Å². The lowest BCUT2D eigenvalue weighted by Gasteiger charge is -2.12. The molecule has 0 bridgehead atoms. The van der Waals surface area contributed by atoms with E-state index >= 15 is 0 Å². The normalized spacial score (nSPS) is 11.7. The number of amides is 2. The molecule has 0 unspecified atom stereocenters. The lowest BCUT2D eigenvalue weighted by atomic mass is 10.1. The maximum Gasteiger partial charge on any atom is 0.573 e. The molecule has 5 aromatic rings. The Morgan fingerprint density at radius 2 is 1.88 bits per heavy atom. The van der Waals surface area contributed by atoms with Crippen LogP contribution in [0.25, 0.3) is 27.5 Å². The van der Waals surface area contributed by atoms with E-state index in [-0.39, 0.29) is 5.75 Å². The van der Waals surface area contributed by atoms with Crippen LogP contribution < -0.4 is 19.5 Å². The number of hydrogen-bond acceptors (Lipinski definition) is 6. The van der Waals surface area contributed by atoms with Gasteiger partial charge in [0.25, 0.3) is 0 Å². The highest BCUT2D eigenvalue weighted by atomic mass is 32.2. The van der Waals surface area contributed by atoms with Crippen LogP contribution in [0.15, 0.2) is 83.5 Å². The van der Waals surface area contributed by atoms with Crippen molar-refractivity contribution in [3.63, 3.8) is 0 Å². The van der Waals surface area contributed by atoms with Crippen molar-refractivity contribution in [3.05, 3.63) is 90.3 Å². The van der Waals surface area contributed by atoms with E-state index in [9.17, 15) is 18.0 Å². The molecule has 0 saturated carbocycles. The minimum atomic E-state index is -4.74. The number of ether oxygens (including phenoxy) is 2. The van der Waals surface area contributed by atoms with Crippen LogP contribution in [-0.4, -0.2) is 35.3 Å². The van der Waals surface area contributed by atoms with Crippen molar-refractivity contribution in [2.24, 2.45) is 4.40 Å². The van der Waals surface area contributed by atoms with Gasteiger partial charge in [-0.05, 0) is 65.9 Å². The van der Waals surface area contributed by atoms with Crippen LogP contribution in [0.1, 0.15) is 11.1 Å². The number of carbonyl (C=O) groups is 1. The van der Waals surface area contributed by atoms with Gasteiger partial charge in [0.15, 0.2) is 0 Å². The molecule has 0 aliphatic heterocycles. The summed E-state index contributed by atoms with van der Waals surface area (Å²) >= 11 is 0.887. The molecule has 5 rings (SSSR count). The fourth-order valence-electron chi connectivity index (χ4n) is 4.19. The molecule has 4 aromatic carbocycles. The number of imidazole rings is 1. The first-order valence-corrected chi connectivity index (χ1v) is 12.6. The second-order valence-corrected chi connectivity index (χ2v) is 9.20. The minimum Gasteiger partial charge on any atom is -0.495 e. The summed E-state index contributed by atoms with van der Waals surface area (Å²) in [6.07, 6.45) is -1.49. The Kier molecular flexibility index (Phi) is 7.52. The van der Waals surface area contributed by atoms with E-state index in [2.05, 4.69) is 24.2 Å². The van der Waals surface area contributed by atoms with Gasteiger partial charge in [0.2, 0.25) is 0 Å². The Balaban J connectivity index is 1.26. The number of hydrogen-bond donors (Lipinski definition) is 2. The van der Waals surface area contributed by atoms with E-state index in [0.29, 0.717) is 17.1 Å². The van der Waals surface area contributed by atoms with Crippen LogP contribution in [-0.2, 0) is 0 Å². The van der Waals surface area contributed by atoms with Gasteiger partial charge in [-0.1, -0.05) is 30.3 Å². The summed E-state index contributed by atoms with van der Waals surface area (Å²) in [4.78, 5) is 16.8. The highest BCUT2D eigenvalue weighted by Crippen LogP contribution is 2.29. The highest BCUT2D eigenvalue weighted by Gasteiger charge is 2.31. The monoisotopic (exact) mass is 565 g/mol. The number of fused-ring (bicyclic) bond motifs is 3. The molecule has 2 amide bonds. The zero-order valence-corrected chi connectivity index (χ0v) is 22.0. The number of halogens is 3. The van der Waals surface area contributed by atoms with Gasteiger partial charge in [-0.25, -0.2) is 14.2 Å². The maximum absolute atomic E-state index is 12.5. The number of aryl methyl sites for hydroxylation is 1. The second-order valence-electron chi connectivity index (χ2n) is 8.60. The molecule has 12 heteroatoms. The number of urea groups is 1. The number of aromatic nitrogens is 2. The summed E-state index contributed by atoms with van der Waals surface area (Å²) in [7, 11) is 1.54. The SMILES string of the molecule is COc1cccc(C)c1NC(=O)NS/N=C/c1ccc2c(ccc3c2ncn3-c2ccc(OC(F)(F)F)cc2)c1. The van der Waals surface area contributed by atoms with Crippen molar-refractivity contribution < 1.29 is 27.4 Å². The van der Waals surface area contributed by atoms with Crippen LogP contribution in [0.2, 0.25) is 0 Å².